The molecule has 0 bridgehead atoms. The summed E-state index contributed by atoms with van der Waals surface area (Å²) in [5.74, 6) is 0.317. The average Bonchev–Trinajstić information content (AvgIpc) is 2.48. The first-order valence-electron chi connectivity index (χ1n) is 6.52. The van der Waals surface area contributed by atoms with Gasteiger partial charge in [-0.15, -0.1) is 0 Å². The fourth-order valence-electron chi connectivity index (χ4n) is 1.80. The number of aromatic nitrogens is 2. The Labute approximate surface area is 117 Å². The van der Waals surface area contributed by atoms with Gasteiger partial charge < -0.3 is 5.32 Å². The summed E-state index contributed by atoms with van der Waals surface area (Å²) >= 11 is 0. The second-order valence-corrected chi connectivity index (χ2v) is 4.34. The van der Waals surface area contributed by atoms with Crippen molar-refractivity contribution in [3.05, 3.63) is 46.8 Å². The van der Waals surface area contributed by atoms with Crippen LogP contribution in [0, 0.1) is 10.1 Å². The van der Waals surface area contributed by atoms with Crippen LogP contribution in [0.2, 0.25) is 0 Å². The molecule has 0 saturated carbocycles. The van der Waals surface area contributed by atoms with E-state index in [4.69, 9.17) is 0 Å². The topological polar surface area (TPSA) is 81.0 Å². The van der Waals surface area contributed by atoms with Crippen LogP contribution in [-0.4, -0.2) is 21.4 Å². The molecule has 0 spiro atoms. The first kappa shape index (κ1) is 13.9. The summed E-state index contributed by atoms with van der Waals surface area (Å²) in [6, 6.07) is 6.78. The molecular formula is C14H16N4O2. The van der Waals surface area contributed by atoms with Crippen molar-refractivity contribution in [2.75, 3.05) is 11.9 Å². The molecule has 0 atom stereocenters. The third-order valence-corrected chi connectivity index (χ3v) is 2.87. The molecule has 6 heteroatoms. The van der Waals surface area contributed by atoms with Crippen molar-refractivity contribution in [2.24, 2.45) is 0 Å². The van der Waals surface area contributed by atoms with Crippen LogP contribution in [0.4, 0.5) is 11.5 Å². The lowest BCUT2D eigenvalue weighted by atomic mass is 10.2. The van der Waals surface area contributed by atoms with Crippen molar-refractivity contribution >= 4 is 11.5 Å². The molecular weight excluding hydrogens is 256 g/mol. The quantitative estimate of drug-likeness (QED) is 0.496. The minimum Gasteiger partial charge on any atom is -0.364 e. The maximum Gasteiger partial charge on any atom is 0.311 e. The Hall–Kier alpha value is -2.50. The first-order valence-corrected chi connectivity index (χ1v) is 6.52. The summed E-state index contributed by atoms with van der Waals surface area (Å²) < 4.78 is 0. The summed E-state index contributed by atoms with van der Waals surface area (Å²) in [5, 5.41) is 14.1. The van der Waals surface area contributed by atoms with E-state index in [2.05, 4.69) is 22.2 Å². The molecule has 2 rings (SSSR count). The van der Waals surface area contributed by atoms with Gasteiger partial charge >= 0.3 is 5.69 Å². The highest BCUT2D eigenvalue weighted by Gasteiger charge is 2.16. The zero-order valence-electron chi connectivity index (χ0n) is 11.2. The Morgan fingerprint density at radius 1 is 1.25 bits per heavy atom. The molecule has 1 N–H and O–H groups in total. The van der Waals surface area contributed by atoms with Crippen molar-refractivity contribution < 1.29 is 4.92 Å². The summed E-state index contributed by atoms with van der Waals surface area (Å²) in [4.78, 5) is 18.9. The van der Waals surface area contributed by atoms with Gasteiger partial charge in [-0.1, -0.05) is 13.3 Å². The predicted octanol–water partition coefficient (Wildman–Crippen LogP) is 3.26. The SMILES string of the molecule is CCCCNc1nc(-c2ccncc2)ccc1[N+](=O)[O-]. The molecule has 0 aliphatic heterocycles. The van der Waals surface area contributed by atoms with Crippen molar-refractivity contribution in [1.82, 2.24) is 9.97 Å². The smallest absolute Gasteiger partial charge is 0.311 e. The van der Waals surface area contributed by atoms with E-state index in [0.717, 1.165) is 18.4 Å². The highest BCUT2D eigenvalue weighted by atomic mass is 16.6. The van der Waals surface area contributed by atoms with Crippen LogP contribution >= 0.6 is 0 Å². The average molecular weight is 272 g/mol. The van der Waals surface area contributed by atoms with Crippen LogP contribution < -0.4 is 5.32 Å². The van der Waals surface area contributed by atoms with Crippen LogP contribution in [0.25, 0.3) is 11.3 Å². The van der Waals surface area contributed by atoms with Crippen molar-refractivity contribution in [2.45, 2.75) is 19.8 Å². The molecule has 104 valence electrons. The highest BCUT2D eigenvalue weighted by molar-refractivity contribution is 5.66. The molecule has 0 saturated heterocycles. The van der Waals surface area contributed by atoms with Gasteiger partial charge in [-0.2, -0.15) is 0 Å². The van der Waals surface area contributed by atoms with E-state index in [9.17, 15) is 10.1 Å². The molecule has 0 fully saturated rings. The minimum atomic E-state index is -0.419. The summed E-state index contributed by atoms with van der Waals surface area (Å²) in [6.07, 6.45) is 5.30. The Bertz CT molecular complexity index is 587. The molecule has 0 amide bonds. The minimum absolute atomic E-state index is 0.00101. The number of nitro groups is 1. The Morgan fingerprint density at radius 3 is 2.65 bits per heavy atom. The second kappa shape index (κ2) is 6.60. The third-order valence-electron chi connectivity index (χ3n) is 2.87. The van der Waals surface area contributed by atoms with E-state index in [-0.39, 0.29) is 5.69 Å². The largest absolute Gasteiger partial charge is 0.364 e. The zero-order valence-corrected chi connectivity index (χ0v) is 11.2. The summed E-state index contributed by atoms with van der Waals surface area (Å²) in [7, 11) is 0. The molecule has 0 unspecified atom stereocenters. The van der Waals surface area contributed by atoms with Gasteiger partial charge in [-0.25, -0.2) is 4.98 Å². The molecule has 0 radical (unpaired) electrons. The molecule has 0 aliphatic rings. The standard InChI is InChI=1S/C14H16N4O2/c1-2-3-8-16-14-13(18(19)20)5-4-12(17-14)11-6-9-15-10-7-11/h4-7,9-10H,2-3,8H2,1H3,(H,16,17). The molecule has 2 aromatic rings. The van der Waals surface area contributed by atoms with Crippen molar-refractivity contribution in [3.8, 4) is 11.3 Å². The molecule has 20 heavy (non-hydrogen) atoms. The van der Waals surface area contributed by atoms with Gasteiger partial charge in [0.1, 0.15) is 0 Å². The first-order chi connectivity index (χ1) is 9.72. The lowest BCUT2D eigenvalue weighted by molar-refractivity contribution is -0.384. The molecule has 0 aliphatic carbocycles. The van der Waals surface area contributed by atoms with Crippen LogP contribution in [0.3, 0.4) is 0 Å². The van der Waals surface area contributed by atoms with Gasteiger partial charge in [0.2, 0.25) is 5.82 Å². The van der Waals surface area contributed by atoms with Gasteiger partial charge in [-0.05, 0) is 24.6 Å². The van der Waals surface area contributed by atoms with Gasteiger partial charge in [0.25, 0.3) is 0 Å². The van der Waals surface area contributed by atoms with Crippen LogP contribution in [0.5, 0.6) is 0 Å². The summed E-state index contributed by atoms with van der Waals surface area (Å²) in [6.45, 7) is 2.74. The maximum absolute atomic E-state index is 11.0. The van der Waals surface area contributed by atoms with Crippen LogP contribution in [0.15, 0.2) is 36.7 Å². The number of hydrogen-bond acceptors (Lipinski definition) is 5. The number of nitrogens with one attached hydrogen (secondary N) is 1. The van der Waals surface area contributed by atoms with Crippen LogP contribution in [-0.2, 0) is 0 Å². The van der Waals surface area contributed by atoms with Gasteiger partial charge in [0.05, 0.1) is 10.6 Å². The third kappa shape index (κ3) is 3.28. The van der Waals surface area contributed by atoms with Crippen molar-refractivity contribution in [1.29, 1.82) is 0 Å². The lowest BCUT2D eigenvalue weighted by Crippen LogP contribution is -2.06. The van der Waals surface area contributed by atoms with Gasteiger partial charge in [-0.3, -0.25) is 15.1 Å². The number of anilines is 1. The van der Waals surface area contributed by atoms with Gasteiger partial charge in [0.15, 0.2) is 0 Å². The van der Waals surface area contributed by atoms with Crippen LogP contribution in [0.1, 0.15) is 19.8 Å². The van der Waals surface area contributed by atoms with Crippen molar-refractivity contribution in [3.63, 3.8) is 0 Å². The Morgan fingerprint density at radius 2 is 2.00 bits per heavy atom. The zero-order chi connectivity index (χ0) is 14.4. The highest BCUT2D eigenvalue weighted by Crippen LogP contribution is 2.26. The van der Waals surface area contributed by atoms with E-state index in [0.29, 0.717) is 18.1 Å². The fourth-order valence-corrected chi connectivity index (χ4v) is 1.80. The predicted molar refractivity (Wildman–Crippen MR) is 77.5 cm³/mol. The number of hydrogen-bond donors (Lipinski definition) is 1. The monoisotopic (exact) mass is 272 g/mol. The Balaban J connectivity index is 2.32. The Kier molecular flexibility index (Phi) is 4.60. The van der Waals surface area contributed by atoms with E-state index >= 15 is 0 Å². The molecule has 6 nitrogen and oxygen atoms in total. The number of pyridine rings is 2. The molecule has 0 aromatic carbocycles. The van der Waals surface area contributed by atoms with E-state index in [1.54, 1.807) is 18.5 Å². The van der Waals surface area contributed by atoms with E-state index in [1.807, 2.05) is 12.1 Å². The fraction of sp³-hybridized carbons (Fsp3) is 0.286. The molecule has 2 aromatic heterocycles. The molecule has 2 heterocycles. The second-order valence-electron chi connectivity index (χ2n) is 4.34. The maximum atomic E-state index is 11.0. The summed E-state index contributed by atoms with van der Waals surface area (Å²) in [5.41, 5.74) is 1.57. The lowest BCUT2D eigenvalue weighted by Gasteiger charge is -2.07. The number of nitrogens with zero attached hydrogens (tertiary/aromatic N) is 3. The number of unbranched alkanes of at least 4 members (excludes halogenated alkanes) is 1. The normalized spacial score (nSPS) is 10.2. The number of rotatable bonds is 6. The van der Waals surface area contributed by atoms with E-state index in [1.165, 1.54) is 6.07 Å². The van der Waals surface area contributed by atoms with Gasteiger partial charge in [0, 0.05) is 30.6 Å². The van der Waals surface area contributed by atoms with E-state index < -0.39 is 4.92 Å².